The van der Waals surface area contributed by atoms with Gasteiger partial charge >= 0.3 is 0 Å². The number of nitrogens with one attached hydrogen (secondary N) is 1. The summed E-state index contributed by atoms with van der Waals surface area (Å²) in [6.45, 7) is 0. The lowest BCUT2D eigenvalue weighted by Crippen LogP contribution is -1.94. The Bertz CT molecular complexity index is 1860. The Hall–Kier alpha value is -5.08. The van der Waals surface area contributed by atoms with Crippen molar-refractivity contribution in [2.75, 3.05) is 5.32 Å². The molecule has 0 aliphatic rings. The molecule has 0 amide bonds. The molecule has 0 bridgehead atoms. The summed E-state index contributed by atoms with van der Waals surface area (Å²) in [6.07, 6.45) is 0. The molecule has 0 aliphatic carbocycles. The van der Waals surface area contributed by atoms with Gasteiger partial charge in [-0.3, -0.25) is 0 Å². The van der Waals surface area contributed by atoms with Gasteiger partial charge < -0.3 is 9.88 Å². The summed E-state index contributed by atoms with van der Waals surface area (Å²) in [5, 5.41) is 6.17. The molecule has 0 fully saturated rings. The van der Waals surface area contributed by atoms with Crippen molar-refractivity contribution in [3.05, 3.63) is 152 Å². The minimum Gasteiger partial charge on any atom is -0.355 e. The van der Waals surface area contributed by atoms with Gasteiger partial charge in [-0.15, -0.1) is 0 Å². The third-order valence-electron chi connectivity index (χ3n) is 7.20. The van der Waals surface area contributed by atoms with Crippen LogP contribution in [0.5, 0.6) is 0 Å². The summed E-state index contributed by atoms with van der Waals surface area (Å²) >= 11 is 0. The molecule has 6 aromatic carbocycles. The molecule has 1 N–H and O–H groups in total. The SMILES string of the molecule is c1ccc(-c2ccc(Nc3ccccc3-c3ccc4c(c3)c3ccccc3n4-c3ccccc3)cc2)cc1. The number of nitrogens with zero attached hydrogens (tertiary/aromatic N) is 1. The smallest absolute Gasteiger partial charge is 0.0541 e. The maximum atomic E-state index is 3.66. The van der Waals surface area contributed by atoms with E-state index in [4.69, 9.17) is 0 Å². The lowest BCUT2D eigenvalue weighted by molar-refractivity contribution is 1.18. The summed E-state index contributed by atoms with van der Waals surface area (Å²) in [7, 11) is 0. The Labute approximate surface area is 222 Å². The van der Waals surface area contributed by atoms with Gasteiger partial charge in [-0.25, -0.2) is 0 Å². The van der Waals surface area contributed by atoms with E-state index in [1.807, 2.05) is 6.07 Å². The second-order valence-corrected chi connectivity index (χ2v) is 9.53. The zero-order chi connectivity index (χ0) is 25.3. The molecule has 38 heavy (non-hydrogen) atoms. The van der Waals surface area contributed by atoms with Crippen LogP contribution in [0.3, 0.4) is 0 Å². The van der Waals surface area contributed by atoms with Crippen molar-refractivity contribution < 1.29 is 0 Å². The third-order valence-corrected chi connectivity index (χ3v) is 7.20. The fourth-order valence-electron chi connectivity index (χ4n) is 5.37. The van der Waals surface area contributed by atoms with E-state index in [-0.39, 0.29) is 0 Å². The molecule has 1 heterocycles. The Kier molecular flexibility index (Phi) is 5.49. The van der Waals surface area contributed by atoms with Crippen LogP contribution in [-0.2, 0) is 0 Å². The molecular weight excluding hydrogens is 460 g/mol. The van der Waals surface area contributed by atoms with Crippen LogP contribution in [0, 0.1) is 0 Å². The van der Waals surface area contributed by atoms with Gasteiger partial charge in [-0.2, -0.15) is 0 Å². The maximum Gasteiger partial charge on any atom is 0.0541 e. The highest BCUT2D eigenvalue weighted by Gasteiger charge is 2.14. The van der Waals surface area contributed by atoms with E-state index in [2.05, 4.69) is 155 Å². The van der Waals surface area contributed by atoms with Gasteiger partial charge in [0.1, 0.15) is 0 Å². The largest absolute Gasteiger partial charge is 0.355 e. The summed E-state index contributed by atoms with van der Waals surface area (Å²) in [5.74, 6) is 0. The van der Waals surface area contributed by atoms with Gasteiger partial charge in [0.05, 0.1) is 11.0 Å². The molecule has 7 aromatic rings. The van der Waals surface area contributed by atoms with Crippen LogP contribution in [0.25, 0.3) is 49.7 Å². The van der Waals surface area contributed by atoms with Crippen molar-refractivity contribution in [1.82, 2.24) is 4.57 Å². The van der Waals surface area contributed by atoms with Crippen LogP contribution in [0.2, 0.25) is 0 Å². The quantitative estimate of drug-likeness (QED) is 0.256. The van der Waals surface area contributed by atoms with Gasteiger partial charge in [0.25, 0.3) is 0 Å². The Balaban J connectivity index is 1.29. The summed E-state index contributed by atoms with van der Waals surface area (Å²) in [5.41, 5.74) is 10.6. The maximum absolute atomic E-state index is 3.66. The summed E-state index contributed by atoms with van der Waals surface area (Å²) in [6, 6.07) is 53.7. The van der Waals surface area contributed by atoms with E-state index in [0.29, 0.717) is 0 Å². The highest BCUT2D eigenvalue weighted by Crippen LogP contribution is 2.37. The fraction of sp³-hybridized carbons (Fsp3) is 0. The molecule has 0 saturated heterocycles. The molecule has 2 nitrogen and oxygen atoms in total. The minimum atomic E-state index is 1.07. The van der Waals surface area contributed by atoms with Crippen molar-refractivity contribution in [3.63, 3.8) is 0 Å². The van der Waals surface area contributed by atoms with Crippen LogP contribution in [-0.4, -0.2) is 4.57 Å². The number of aromatic nitrogens is 1. The highest BCUT2D eigenvalue weighted by molar-refractivity contribution is 6.10. The summed E-state index contributed by atoms with van der Waals surface area (Å²) in [4.78, 5) is 0. The molecule has 0 radical (unpaired) electrons. The first-order valence-electron chi connectivity index (χ1n) is 13.0. The Morgan fingerprint density at radius 3 is 1.84 bits per heavy atom. The first-order chi connectivity index (χ1) is 18.8. The predicted molar refractivity (Wildman–Crippen MR) is 161 cm³/mol. The lowest BCUT2D eigenvalue weighted by atomic mass is 10.0. The molecular formula is C36H26N2. The highest BCUT2D eigenvalue weighted by atomic mass is 15.0. The van der Waals surface area contributed by atoms with Crippen LogP contribution < -0.4 is 5.32 Å². The van der Waals surface area contributed by atoms with Crippen molar-refractivity contribution in [3.8, 4) is 27.9 Å². The van der Waals surface area contributed by atoms with Gasteiger partial charge in [0.15, 0.2) is 0 Å². The average Bonchev–Trinajstić information content (AvgIpc) is 3.32. The van der Waals surface area contributed by atoms with E-state index in [1.165, 1.54) is 49.7 Å². The van der Waals surface area contributed by atoms with Crippen LogP contribution in [0.15, 0.2) is 152 Å². The van der Waals surface area contributed by atoms with Crippen molar-refractivity contribution in [1.29, 1.82) is 0 Å². The average molecular weight is 487 g/mol. The second-order valence-electron chi connectivity index (χ2n) is 9.53. The Morgan fingerprint density at radius 2 is 1.03 bits per heavy atom. The minimum absolute atomic E-state index is 1.07. The fourth-order valence-corrected chi connectivity index (χ4v) is 5.37. The van der Waals surface area contributed by atoms with Gasteiger partial charge in [-0.05, 0) is 65.2 Å². The molecule has 1 aromatic heterocycles. The monoisotopic (exact) mass is 486 g/mol. The molecule has 0 aliphatic heterocycles. The first kappa shape index (κ1) is 22.1. The van der Waals surface area contributed by atoms with Crippen molar-refractivity contribution in [2.45, 2.75) is 0 Å². The number of para-hydroxylation sites is 3. The van der Waals surface area contributed by atoms with Crippen LogP contribution >= 0.6 is 0 Å². The molecule has 0 saturated carbocycles. The lowest BCUT2D eigenvalue weighted by Gasteiger charge is -2.14. The second kappa shape index (κ2) is 9.42. The third kappa shape index (κ3) is 3.93. The topological polar surface area (TPSA) is 17.0 Å². The zero-order valence-corrected chi connectivity index (χ0v) is 20.9. The number of fused-ring (bicyclic) bond motifs is 3. The van der Waals surface area contributed by atoms with E-state index < -0.39 is 0 Å². The molecule has 0 unspecified atom stereocenters. The van der Waals surface area contributed by atoms with E-state index in [0.717, 1.165) is 11.4 Å². The van der Waals surface area contributed by atoms with E-state index in [9.17, 15) is 0 Å². The van der Waals surface area contributed by atoms with Crippen LogP contribution in [0.4, 0.5) is 11.4 Å². The first-order valence-corrected chi connectivity index (χ1v) is 13.0. The zero-order valence-electron chi connectivity index (χ0n) is 20.9. The van der Waals surface area contributed by atoms with Crippen molar-refractivity contribution in [2.24, 2.45) is 0 Å². The predicted octanol–water partition coefficient (Wildman–Crippen LogP) is 9.86. The standard InChI is InChI=1S/C36H26N2/c1-3-11-26(12-4-1)27-19-22-29(23-20-27)37-34-17-9-7-15-31(34)28-21-24-36-33(25-28)32-16-8-10-18-35(32)38(36)30-13-5-2-6-14-30/h1-25,37H. The number of hydrogen-bond acceptors (Lipinski definition) is 1. The van der Waals surface area contributed by atoms with E-state index in [1.54, 1.807) is 0 Å². The number of rotatable bonds is 5. The molecule has 180 valence electrons. The van der Waals surface area contributed by atoms with Gasteiger partial charge in [-0.1, -0.05) is 103 Å². The van der Waals surface area contributed by atoms with Gasteiger partial charge in [0.2, 0.25) is 0 Å². The van der Waals surface area contributed by atoms with Crippen LogP contribution in [0.1, 0.15) is 0 Å². The molecule has 0 atom stereocenters. The van der Waals surface area contributed by atoms with Gasteiger partial charge in [0, 0.05) is 33.4 Å². The molecule has 0 spiro atoms. The number of benzene rings is 6. The Morgan fingerprint density at radius 1 is 0.421 bits per heavy atom. The molecule has 7 rings (SSSR count). The number of hydrogen-bond donors (Lipinski definition) is 1. The molecule has 2 heteroatoms. The van der Waals surface area contributed by atoms with Crippen molar-refractivity contribution >= 4 is 33.2 Å². The normalized spacial score (nSPS) is 11.2. The van der Waals surface area contributed by atoms with E-state index >= 15 is 0 Å². The summed E-state index contributed by atoms with van der Waals surface area (Å²) < 4.78 is 2.35. The number of anilines is 2.